The smallest absolute Gasteiger partial charge is 0.270 e. The van der Waals surface area contributed by atoms with Crippen molar-refractivity contribution in [2.75, 3.05) is 13.1 Å². The van der Waals surface area contributed by atoms with Crippen molar-refractivity contribution in [3.63, 3.8) is 0 Å². The number of H-pyrrole nitrogens is 1. The Morgan fingerprint density at radius 1 is 1.47 bits per heavy atom. The number of hydrogen-bond acceptors (Lipinski definition) is 3. The fraction of sp³-hybridized carbons (Fsp3) is 0.583. The number of likely N-dealkylation sites (tertiary alicyclic amines) is 1. The second-order valence-corrected chi connectivity index (χ2v) is 6.50. The van der Waals surface area contributed by atoms with Gasteiger partial charge in [-0.3, -0.25) is 4.79 Å². The highest BCUT2D eigenvalue weighted by molar-refractivity contribution is 7.89. The average molecular weight is 285 g/mol. The van der Waals surface area contributed by atoms with E-state index in [9.17, 15) is 13.2 Å². The molecule has 1 saturated heterocycles. The topological polar surface area (TPSA) is 96.3 Å². The number of nitrogens with two attached hydrogens (primary N) is 1. The highest BCUT2D eigenvalue weighted by atomic mass is 32.2. The van der Waals surface area contributed by atoms with Gasteiger partial charge in [0.25, 0.3) is 5.91 Å². The molecule has 6 nitrogen and oxygen atoms in total. The molecule has 1 aromatic heterocycles. The number of nitrogens with zero attached hydrogens (tertiary/aromatic N) is 1. The van der Waals surface area contributed by atoms with E-state index in [0.29, 0.717) is 5.92 Å². The van der Waals surface area contributed by atoms with E-state index >= 15 is 0 Å². The number of hydrogen-bond donors (Lipinski definition) is 2. The lowest BCUT2D eigenvalue weighted by Crippen LogP contribution is -2.38. The summed E-state index contributed by atoms with van der Waals surface area (Å²) < 4.78 is 22.3. The van der Waals surface area contributed by atoms with Gasteiger partial charge in [0.05, 0.1) is 4.90 Å². The summed E-state index contributed by atoms with van der Waals surface area (Å²) in [5.41, 5.74) is 0.277. The van der Waals surface area contributed by atoms with Crippen molar-refractivity contribution in [2.45, 2.75) is 31.1 Å². The van der Waals surface area contributed by atoms with E-state index in [1.54, 1.807) is 4.90 Å². The summed E-state index contributed by atoms with van der Waals surface area (Å²) in [5.74, 6) is 0.525. The van der Waals surface area contributed by atoms with Crippen LogP contribution in [0.4, 0.5) is 0 Å². The Kier molecular flexibility index (Phi) is 3.96. The van der Waals surface area contributed by atoms with Crippen molar-refractivity contribution in [3.05, 3.63) is 18.0 Å². The van der Waals surface area contributed by atoms with E-state index in [0.717, 1.165) is 32.4 Å². The van der Waals surface area contributed by atoms with Crippen molar-refractivity contribution < 1.29 is 13.2 Å². The summed E-state index contributed by atoms with van der Waals surface area (Å²) in [6, 6.07) is 1.30. The van der Waals surface area contributed by atoms with Crippen LogP contribution in [0.2, 0.25) is 0 Å². The fourth-order valence-corrected chi connectivity index (χ4v) is 2.88. The lowest BCUT2D eigenvalue weighted by Gasteiger charge is -2.31. The Labute approximate surface area is 113 Å². The van der Waals surface area contributed by atoms with Gasteiger partial charge in [0.1, 0.15) is 5.69 Å². The molecule has 0 aromatic carbocycles. The molecular weight excluding hydrogens is 266 g/mol. The van der Waals surface area contributed by atoms with Crippen molar-refractivity contribution in [1.29, 1.82) is 0 Å². The Morgan fingerprint density at radius 2 is 2.11 bits per heavy atom. The van der Waals surface area contributed by atoms with E-state index in [1.165, 1.54) is 12.3 Å². The Hall–Kier alpha value is -1.34. The Bertz CT molecular complexity index is 557. The molecule has 0 unspecified atom stereocenters. The number of aromatic amines is 1. The number of piperidine rings is 1. The second-order valence-electron chi connectivity index (χ2n) is 4.94. The van der Waals surface area contributed by atoms with Gasteiger partial charge in [0.2, 0.25) is 10.0 Å². The lowest BCUT2D eigenvalue weighted by atomic mass is 9.94. The minimum Gasteiger partial charge on any atom is -0.356 e. The maximum Gasteiger partial charge on any atom is 0.270 e. The first-order chi connectivity index (χ1) is 8.91. The number of carbonyl (C=O) groups is 1. The van der Waals surface area contributed by atoms with Crippen molar-refractivity contribution in [3.8, 4) is 0 Å². The molecule has 1 aromatic rings. The summed E-state index contributed by atoms with van der Waals surface area (Å²) >= 11 is 0. The van der Waals surface area contributed by atoms with E-state index in [-0.39, 0.29) is 16.5 Å². The molecule has 0 spiro atoms. The molecule has 0 bridgehead atoms. The molecule has 2 heterocycles. The highest BCUT2D eigenvalue weighted by Crippen LogP contribution is 2.21. The van der Waals surface area contributed by atoms with Crippen LogP contribution in [0.3, 0.4) is 0 Å². The van der Waals surface area contributed by atoms with Crippen molar-refractivity contribution >= 4 is 15.9 Å². The summed E-state index contributed by atoms with van der Waals surface area (Å²) in [6.07, 6.45) is 4.40. The van der Waals surface area contributed by atoms with Crippen LogP contribution in [-0.4, -0.2) is 37.3 Å². The van der Waals surface area contributed by atoms with Crippen molar-refractivity contribution in [2.24, 2.45) is 11.1 Å². The first-order valence-corrected chi connectivity index (χ1v) is 7.97. The predicted molar refractivity (Wildman–Crippen MR) is 71.1 cm³/mol. The molecule has 106 valence electrons. The van der Waals surface area contributed by atoms with Crippen LogP contribution in [-0.2, 0) is 10.0 Å². The zero-order valence-electron chi connectivity index (χ0n) is 10.9. The molecule has 0 atom stereocenters. The summed E-state index contributed by atoms with van der Waals surface area (Å²) in [6.45, 7) is 3.60. The number of primary sulfonamides is 1. The summed E-state index contributed by atoms with van der Waals surface area (Å²) in [4.78, 5) is 16.6. The maximum atomic E-state index is 12.2. The normalized spacial score (nSPS) is 17.7. The molecule has 19 heavy (non-hydrogen) atoms. The molecule has 0 aliphatic carbocycles. The quantitative estimate of drug-likeness (QED) is 0.864. The van der Waals surface area contributed by atoms with Crippen LogP contribution in [0.25, 0.3) is 0 Å². The Balaban J connectivity index is 2.07. The molecule has 1 fully saturated rings. The van der Waals surface area contributed by atoms with Gasteiger partial charge < -0.3 is 9.88 Å². The van der Waals surface area contributed by atoms with Gasteiger partial charge in [0, 0.05) is 19.3 Å². The van der Waals surface area contributed by atoms with Gasteiger partial charge in [-0.2, -0.15) is 0 Å². The largest absolute Gasteiger partial charge is 0.356 e. The molecule has 2 rings (SSSR count). The van der Waals surface area contributed by atoms with Gasteiger partial charge in [0.15, 0.2) is 0 Å². The zero-order valence-corrected chi connectivity index (χ0v) is 11.7. The molecule has 1 aliphatic heterocycles. The maximum absolute atomic E-state index is 12.2. The van der Waals surface area contributed by atoms with Gasteiger partial charge in [-0.15, -0.1) is 0 Å². The third-order valence-electron chi connectivity index (χ3n) is 3.69. The molecule has 1 aliphatic rings. The minimum atomic E-state index is -3.76. The van der Waals surface area contributed by atoms with Gasteiger partial charge in [-0.05, 0) is 24.8 Å². The van der Waals surface area contributed by atoms with Crippen LogP contribution in [0, 0.1) is 5.92 Å². The lowest BCUT2D eigenvalue weighted by molar-refractivity contribution is 0.0683. The number of sulfonamides is 1. The number of aromatic nitrogens is 1. The minimum absolute atomic E-state index is 0.0562. The first-order valence-electron chi connectivity index (χ1n) is 6.42. The zero-order chi connectivity index (χ0) is 14.0. The summed E-state index contributed by atoms with van der Waals surface area (Å²) in [5, 5.41) is 5.01. The fourth-order valence-electron chi connectivity index (χ4n) is 2.38. The molecule has 7 heteroatoms. The highest BCUT2D eigenvalue weighted by Gasteiger charge is 2.24. The number of nitrogens with one attached hydrogen (secondary N) is 1. The van der Waals surface area contributed by atoms with E-state index in [1.807, 2.05) is 0 Å². The third kappa shape index (κ3) is 3.16. The van der Waals surface area contributed by atoms with E-state index in [4.69, 9.17) is 5.14 Å². The van der Waals surface area contributed by atoms with Gasteiger partial charge >= 0.3 is 0 Å². The molecule has 0 saturated carbocycles. The molecule has 1 amide bonds. The number of amides is 1. The van der Waals surface area contributed by atoms with Crippen LogP contribution in [0.15, 0.2) is 17.2 Å². The predicted octanol–water partition coefficient (Wildman–Crippen LogP) is 0.924. The first kappa shape index (κ1) is 14.1. The number of carbonyl (C=O) groups excluding carboxylic acids is 1. The van der Waals surface area contributed by atoms with Crippen LogP contribution >= 0.6 is 0 Å². The van der Waals surface area contributed by atoms with Crippen molar-refractivity contribution in [1.82, 2.24) is 9.88 Å². The van der Waals surface area contributed by atoms with E-state index < -0.39 is 10.0 Å². The third-order valence-corrected chi connectivity index (χ3v) is 4.59. The van der Waals surface area contributed by atoms with Crippen LogP contribution in [0.1, 0.15) is 36.7 Å². The molecule has 0 radical (unpaired) electrons. The molecule has 3 N–H and O–H groups in total. The van der Waals surface area contributed by atoms with E-state index in [2.05, 4.69) is 11.9 Å². The SMILES string of the molecule is CCC1CCN(C(=O)c2cc(S(N)(=O)=O)c[nH]2)CC1. The van der Waals surface area contributed by atoms with Gasteiger partial charge in [-0.25, -0.2) is 13.6 Å². The monoisotopic (exact) mass is 285 g/mol. The van der Waals surface area contributed by atoms with Gasteiger partial charge in [-0.1, -0.05) is 13.3 Å². The second kappa shape index (κ2) is 5.34. The Morgan fingerprint density at radius 3 is 2.58 bits per heavy atom. The standard InChI is InChI=1S/C12H19N3O3S/c1-2-9-3-5-15(6-4-9)12(16)11-7-10(8-14-11)19(13,17)18/h7-9,14H,2-6H2,1H3,(H2,13,17,18). The molecular formula is C12H19N3O3S. The summed E-state index contributed by atoms with van der Waals surface area (Å²) in [7, 11) is -3.76. The van der Waals surface area contributed by atoms with Crippen LogP contribution in [0.5, 0.6) is 0 Å². The van der Waals surface area contributed by atoms with Crippen LogP contribution < -0.4 is 5.14 Å². The number of rotatable bonds is 3. The average Bonchev–Trinajstić information content (AvgIpc) is 2.87.